The lowest BCUT2D eigenvalue weighted by Crippen LogP contribution is -2.34. The molecule has 26 heavy (non-hydrogen) atoms. The number of pyridine rings is 1. The second-order valence-electron chi connectivity index (χ2n) is 7.30. The number of likely N-dealkylation sites (tertiary alicyclic amines) is 1. The van der Waals surface area contributed by atoms with Gasteiger partial charge < -0.3 is 8.97 Å². The minimum absolute atomic E-state index is 0.727. The summed E-state index contributed by atoms with van der Waals surface area (Å²) < 4.78 is 4.42. The summed E-state index contributed by atoms with van der Waals surface area (Å²) in [5, 5.41) is 0. The molecule has 4 heterocycles. The molecule has 5 nitrogen and oxygen atoms in total. The largest absolute Gasteiger partial charge is 0.330 e. The molecule has 4 aromatic rings. The van der Waals surface area contributed by atoms with Crippen molar-refractivity contribution in [3.63, 3.8) is 0 Å². The molecule has 132 valence electrons. The Balaban J connectivity index is 1.21. The Labute approximate surface area is 152 Å². The molecule has 5 heteroatoms. The number of piperidine rings is 1. The van der Waals surface area contributed by atoms with E-state index in [1.54, 1.807) is 0 Å². The first-order valence-electron chi connectivity index (χ1n) is 9.40. The third-order valence-corrected chi connectivity index (χ3v) is 5.49. The van der Waals surface area contributed by atoms with Gasteiger partial charge in [0.2, 0.25) is 0 Å². The third kappa shape index (κ3) is 2.99. The molecule has 0 amide bonds. The normalized spacial score (nSPS) is 16.6. The molecular weight excluding hydrogens is 322 g/mol. The summed E-state index contributed by atoms with van der Waals surface area (Å²) in [6.07, 6.45) is 8.68. The summed E-state index contributed by atoms with van der Waals surface area (Å²) in [6.45, 7) is 4.31. The van der Waals surface area contributed by atoms with E-state index in [0.717, 1.165) is 49.0 Å². The van der Waals surface area contributed by atoms with Crippen molar-refractivity contribution in [2.45, 2.75) is 25.9 Å². The maximum Gasteiger partial charge on any atom is 0.137 e. The molecule has 1 aliphatic heterocycles. The lowest BCUT2D eigenvalue weighted by atomic mass is 9.96. The summed E-state index contributed by atoms with van der Waals surface area (Å²) in [5.41, 5.74) is 4.54. The highest BCUT2D eigenvalue weighted by atomic mass is 15.1. The number of aromatic nitrogens is 4. The number of imidazole rings is 2. The molecule has 1 aromatic carbocycles. The van der Waals surface area contributed by atoms with E-state index in [9.17, 15) is 0 Å². The Morgan fingerprint density at radius 3 is 2.73 bits per heavy atom. The number of nitrogens with zero attached hydrogens (tertiary/aromatic N) is 5. The van der Waals surface area contributed by atoms with Crippen LogP contribution >= 0.6 is 0 Å². The standard InChI is InChI=1S/C21H23N5/c1-2-6-20-19(5-1)22-16-26(20)13-17-8-11-24(12-9-17)14-18-15-25-10-4-3-7-21(25)23-18/h1-7,10,15-17H,8-9,11-14H2. The summed E-state index contributed by atoms with van der Waals surface area (Å²) in [6, 6.07) is 14.5. The van der Waals surface area contributed by atoms with Gasteiger partial charge in [-0.1, -0.05) is 18.2 Å². The molecule has 0 saturated carbocycles. The molecule has 1 aliphatic rings. The van der Waals surface area contributed by atoms with Crippen LogP contribution in [0, 0.1) is 5.92 Å². The molecule has 3 aromatic heterocycles. The van der Waals surface area contributed by atoms with E-state index in [4.69, 9.17) is 4.98 Å². The molecule has 1 saturated heterocycles. The van der Waals surface area contributed by atoms with Gasteiger partial charge in [-0.25, -0.2) is 9.97 Å². The van der Waals surface area contributed by atoms with E-state index in [1.165, 1.54) is 18.4 Å². The van der Waals surface area contributed by atoms with E-state index in [2.05, 4.69) is 61.6 Å². The first kappa shape index (κ1) is 15.6. The molecule has 0 atom stereocenters. The molecule has 5 rings (SSSR count). The highest BCUT2D eigenvalue weighted by Crippen LogP contribution is 2.22. The van der Waals surface area contributed by atoms with E-state index in [1.807, 2.05) is 18.5 Å². The molecular formula is C21H23N5. The molecule has 0 N–H and O–H groups in total. The average molecular weight is 345 g/mol. The lowest BCUT2D eigenvalue weighted by Gasteiger charge is -2.31. The number of para-hydroxylation sites is 2. The molecule has 0 bridgehead atoms. The van der Waals surface area contributed by atoms with Crippen LogP contribution in [0.5, 0.6) is 0 Å². The Kier molecular flexibility index (Phi) is 3.94. The van der Waals surface area contributed by atoms with Crippen LogP contribution < -0.4 is 0 Å². The van der Waals surface area contributed by atoms with Crippen molar-refractivity contribution in [3.8, 4) is 0 Å². The Hall–Kier alpha value is -2.66. The van der Waals surface area contributed by atoms with Crippen molar-refractivity contribution in [1.29, 1.82) is 0 Å². The highest BCUT2D eigenvalue weighted by molar-refractivity contribution is 5.74. The van der Waals surface area contributed by atoms with Crippen LogP contribution in [0.3, 0.4) is 0 Å². The third-order valence-electron chi connectivity index (χ3n) is 5.49. The van der Waals surface area contributed by atoms with Crippen LogP contribution in [-0.4, -0.2) is 36.9 Å². The van der Waals surface area contributed by atoms with Crippen LogP contribution in [0.2, 0.25) is 0 Å². The van der Waals surface area contributed by atoms with Crippen LogP contribution in [0.1, 0.15) is 18.5 Å². The van der Waals surface area contributed by atoms with Gasteiger partial charge in [-0.05, 0) is 56.1 Å². The minimum atomic E-state index is 0.727. The zero-order valence-corrected chi connectivity index (χ0v) is 14.8. The number of hydrogen-bond acceptors (Lipinski definition) is 3. The van der Waals surface area contributed by atoms with Gasteiger partial charge in [-0.2, -0.15) is 0 Å². The first-order chi connectivity index (χ1) is 12.8. The van der Waals surface area contributed by atoms with Gasteiger partial charge in [-0.3, -0.25) is 4.90 Å². The predicted molar refractivity (Wildman–Crippen MR) is 103 cm³/mol. The van der Waals surface area contributed by atoms with E-state index < -0.39 is 0 Å². The highest BCUT2D eigenvalue weighted by Gasteiger charge is 2.21. The van der Waals surface area contributed by atoms with Crippen molar-refractivity contribution < 1.29 is 0 Å². The Bertz CT molecular complexity index is 990. The quantitative estimate of drug-likeness (QED) is 0.567. The van der Waals surface area contributed by atoms with Crippen LogP contribution in [0.4, 0.5) is 0 Å². The van der Waals surface area contributed by atoms with Gasteiger partial charge in [-0.15, -0.1) is 0 Å². The van der Waals surface area contributed by atoms with Crippen molar-refractivity contribution >= 4 is 16.7 Å². The molecule has 0 spiro atoms. The van der Waals surface area contributed by atoms with Crippen LogP contribution in [0.15, 0.2) is 61.2 Å². The summed E-state index contributed by atoms with van der Waals surface area (Å²) >= 11 is 0. The average Bonchev–Trinajstić information content (AvgIpc) is 3.27. The molecule has 1 fully saturated rings. The zero-order chi connectivity index (χ0) is 17.3. The second kappa shape index (κ2) is 6.57. The number of hydrogen-bond donors (Lipinski definition) is 0. The topological polar surface area (TPSA) is 38.4 Å². The summed E-state index contributed by atoms with van der Waals surface area (Å²) in [4.78, 5) is 11.8. The fourth-order valence-electron chi connectivity index (χ4n) is 4.05. The lowest BCUT2D eigenvalue weighted by molar-refractivity contribution is 0.166. The van der Waals surface area contributed by atoms with Gasteiger partial charge in [0, 0.05) is 25.5 Å². The van der Waals surface area contributed by atoms with Crippen LogP contribution in [0.25, 0.3) is 16.7 Å². The fourth-order valence-corrected chi connectivity index (χ4v) is 4.05. The molecule has 0 unspecified atom stereocenters. The van der Waals surface area contributed by atoms with Crippen molar-refractivity contribution in [2.75, 3.05) is 13.1 Å². The van der Waals surface area contributed by atoms with Gasteiger partial charge >= 0.3 is 0 Å². The van der Waals surface area contributed by atoms with Gasteiger partial charge in [0.15, 0.2) is 0 Å². The van der Waals surface area contributed by atoms with Gasteiger partial charge in [0.05, 0.1) is 23.1 Å². The van der Waals surface area contributed by atoms with E-state index >= 15 is 0 Å². The first-order valence-corrected chi connectivity index (χ1v) is 9.40. The number of fused-ring (bicyclic) bond motifs is 2. The van der Waals surface area contributed by atoms with Crippen molar-refractivity contribution in [3.05, 3.63) is 66.9 Å². The summed E-state index contributed by atoms with van der Waals surface area (Å²) in [7, 11) is 0. The van der Waals surface area contributed by atoms with Crippen molar-refractivity contribution in [2.24, 2.45) is 5.92 Å². The summed E-state index contributed by atoms with van der Waals surface area (Å²) in [5.74, 6) is 0.727. The number of rotatable bonds is 4. The molecule has 0 aliphatic carbocycles. The maximum absolute atomic E-state index is 4.73. The van der Waals surface area contributed by atoms with Crippen LogP contribution in [-0.2, 0) is 13.1 Å². The van der Waals surface area contributed by atoms with Crippen molar-refractivity contribution in [1.82, 2.24) is 23.8 Å². The van der Waals surface area contributed by atoms with Gasteiger partial charge in [0.25, 0.3) is 0 Å². The zero-order valence-electron chi connectivity index (χ0n) is 14.8. The predicted octanol–water partition coefficient (Wildman–Crippen LogP) is 3.60. The monoisotopic (exact) mass is 345 g/mol. The SMILES string of the molecule is c1ccc2c(c1)ncn2CC1CCN(Cc2cn3ccccc3n2)CC1. The minimum Gasteiger partial charge on any atom is -0.330 e. The Morgan fingerprint density at radius 2 is 1.85 bits per heavy atom. The smallest absolute Gasteiger partial charge is 0.137 e. The fraction of sp³-hybridized carbons (Fsp3) is 0.333. The second-order valence-corrected chi connectivity index (χ2v) is 7.30. The van der Waals surface area contributed by atoms with Gasteiger partial charge in [0.1, 0.15) is 5.65 Å². The van der Waals surface area contributed by atoms with E-state index in [0.29, 0.717) is 0 Å². The maximum atomic E-state index is 4.73. The number of benzene rings is 1. The Morgan fingerprint density at radius 1 is 1.00 bits per heavy atom. The van der Waals surface area contributed by atoms with E-state index in [-0.39, 0.29) is 0 Å². The molecule has 0 radical (unpaired) electrons.